The fourth-order valence-electron chi connectivity index (χ4n) is 3.55. The van der Waals surface area contributed by atoms with Crippen LogP contribution in [0.25, 0.3) is 0 Å². The van der Waals surface area contributed by atoms with Crippen LogP contribution in [0.3, 0.4) is 0 Å². The van der Waals surface area contributed by atoms with Gasteiger partial charge in [0.2, 0.25) is 0 Å². The van der Waals surface area contributed by atoms with Gasteiger partial charge in [0.05, 0.1) is 11.6 Å². The van der Waals surface area contributed by atoms with Gasteiger partial charge < -0.3 is 10.5 Å². The van der Waals surface area contributed by atoms with Gasteiger partial charge >= 0.3 is 0 Å². The summed E-state index contributed by atoms with van der Waals surface area (Å²) in [6, 6.07) is 4.06. The molecule has 1 unspecified atom stereocenters. The molecule has 1 atom stereocenters. The zero-order valence-electron chi connectivity index (χ0n) is 11.8. The third kappa shape index (κ3) is 2.27. The van der Waals surface area contributed by atoms with Crippen LogP contribution in [0, 0.1) is 5.41 Å². The van der Waals surface area contributed by atoms with Crippen molar-refractivity contribution in [3.8, 4) is 0 Å². The second-order valence-corrected chi connectivity index (χ2v) is 5.95. The second-order valence-electron chi connectivity index (χ2n) is 5.95. The molecule has 0 saturated carbocycles. The van der Waals surface area contributed by atoms with Crippen LogP contribution < -0.4 is 5.73 Å². The Morgan fingerprint density at radius 1 is 1.45 bits per heavy atom. The molecule has 1 fully saturated rings. The summed E-state index contributed by atoms with van der Waals surface area (Å²) in [5.74, 6) is 0.226. The number of Topliss-reactive ketones (excluding diaryl/α,β-unsaturated/α-hetero) is 1. The van der Waals surface area contributed by atoms with Gasteiger partial charge in [0.1, 0.15) is 5.78 Å². The summed E-state index contributed by atoms with van der Waals surface area (Å²) in [7, 11) is 0. The van der Waals surface area contributed by atoms with Crippen molar-refractivity contribution in [2.45, 2.75) is 38.0 Å². The van der Waals surface area contributed by atoms with E-state index in [1.54, 1.807) is 6.20 Å². The predicted molar refractivity (Wildman–Crippen MR) is 76.5 cm³/mol. The SMILES string of the molecule is NCC1(C(=O)C2CCCc3cccnc32)CCOCC1. The van der Waals surface area contributed by atoms with Crippen molar-refractivity contribution in [1.82, 2.24) is 4.98 Å². The number of ether oxygens (including phenoxy) is 1. The molecule has 2 aliphatic rings. The number of pyridine rings is 1. The number of nitrogens with zero attached hydrogens (tertiary/aromatic N) is 1. The number of rotatable bonds is 3. The van der Waals surface area contributed by atoms with Gasteiger partial charge in [0, 0.05) is 31.4 Å². The van der Waals surface area contributed by atoms with Gasteiger partial charge in [-0.15, -0.1) is 0 Å². The van der Waals surface area contributed by atoms with Crippen molar-refractivity contribution in [3.63, 3.8) is 0 Å². The van der Waals surface area contributed by atoms with E-state index >= 15 is 0 Å². The highest BCUT2D eigenvalue weighted by Gasteiger charge is 2.43. The van der Waals surface area contributed by atoms with Crippen molar-refractivity contribution < 1.29 is 9.53 Å². The van der Waals surface area contributed by atoms with E-state index in [2.05, 4.69) is 11.1 Å². The Kier molecular flexibility index (Phi) is 3.85. The molecule has 2 heterocycles. The van der Waals surface area contributed by atoms with Crippen molar-refractivity contribution in [2.75, 3.05) is 19.8 Å². The molecule has 1 aromatic heterocycles. The van der Waals surface area contributed by atoms with Crippen molar-refractivity contribution >= 4 is 5.78 Å². The number of hydrogen-bond donors (Lipinski definition) is 1. The van der Waals surface area contributed by atoms with Crippen LogP contribution in [0.4, 0.5) is 0 Å². The molecule has 2 N–H and O–H groups in total. The van der Waals surface area contributed by atoms with E-state index in [1.165, 1.54) is 5.56 Å². The van der Waals surface area contributed by atoms with E-state index in [4.69, 9.17) is 10.5 Å². The maximum Gasteiger partial charge on any atom is 0.149 e. The van der Waals surface area contributed by atoms with Gasteiger partial charge in [-0.2, -0.15) is 0 Å². The molecule has 0 bridgehead atoms. The fourth-order valence-corrected chi connectivity index (χ4v) is 3.55. The molecular formula is C16H22N2O2. The minimum Gasteiger partial charge on any atom is -0.381 e. The summed E-state index contributed by atoms with van der Waals surface area (Å²) in [5.41, 5.74) is 7.80. The summed E-state index contributed by atoms with van der Waals surface area (Å²) < 4.78 is 5.41. The normalized spacial score (nSPS) is 24.9. The van der Waals surface area contributed by atoms with Crippen LogP contribution in [0.5, 0.6) is 0 Å². The summed E-state index contributed by atoms with van der Waals surface area (Å²) in [4.78, 5) is 17.6. The summed E-state index contributed by atoms with van der Waals surface area (Å²) in [5, 5.41) is 0. The zero-order chi connectivity index (χ0) is 14.0. The highest BCUT2D eigenvalue weighted by Crippen LogP contribution is 2.40. The Balaban J connectivity index is 1.91. The van der Waals surface area contributed by atoms with E-state index in [0.29, 0.717) is 25.5 Å². The predicted octanol–water partition coefficient (Wildman–Crippen LogP) is 1.83. The van der Waals surface area contributed by atoms with Gasteiger partial charge in [-0.3, -0.25) is 9.78 Å². The molecule has 4 heteroatoms. The molecular weight excluding hydrogens is 252 g/mol. The Hall–Kier alpha value is -1.26. The molecule has 1 saturated heterocycles. The quantitative estimate of drug-likeness (QED) is 0.913. The molecule has 108 valence electrons. The molecule has 0 aromatic carbocycles. The zero-order valence-corrected chi connectivity index (χ0v) is 11.8. The van der Waals surface area contributed by atoms with Gasteiger partial charge in [-0.1, -0.05) is 6.07 Å². The number of carbonyl (C=O) groups is 1. The number of aromatic nitrogens is 1. The largest absolute Gasteiger partial charge is 0.381 e. The summed E-state index contributed by atoms with van der Waals surface area (Å²) >= 11 is 0. The van der Waals surface area contributed by atoms with E-state index in [9.17, 15) is 4.79 Å². The third-order valence-electron chi connectivity index (χ3n) is 4.87. The summed E-state index contributed by atoms with van der Waals surface area (Å²) in [6.07, 6.45) is 6.30. The number of aryl methyl sites for hydroxylation is 1. The van der Waals surface area contributed by atoms with E-state index < -0.39 is 5.41 Å². The first kappa shape index (κ1) is 13.7. The highest BCUT2D eigenvalue weighted by atomic mass is 16.5. The Morgan fingerprint density at radius 3 is 3.00 bits per heavy atom. The van der Waals surface area contributed by atoms with Gasteiger partial charge in [0.15, 0.2) is 0 Å². The lowest BCUT2D eigenvalue weighted by Gasteiger charge is -2.38. The number of fused-ring (bicyclic) bond motifs is 1. The minimum absolute atomic E-state index is 0.0680. The van der Waals surface area contributed by atoms with Crippen molar-refractivity contribution in [2.24, 2.45) is 11.1 Å². The third-order valence-corrected chi connectivity index (χ3v) is 4.87. The van der Waals surface area contributed by atoms with E-state index in [-0.39, 0.29) is 5.92 Å². The van der Waals surface area contributed by atoms with E-state index in [0.717, 1.165) is 37.8 Å². The van der Waals surface area contributed by atoms with E-state index in [1.807, 2.05) is 6.07 Å². The van der Waals surface area contributed by atoms with Crippen LogP contribution in [-0.2, 0) is 16.0 Å². The van der Waals surface area contributed by atoms with Gasteiger partial charge in [0.25, 0.3) is 0 Å². The minimum atomic E-state index is -0.394. The topological polar surface area (TPSA) is 65.2 Å². The molecule has 0 radical (unpaired) electrons. The number of ketones is 1. The molecule has 1 aliphatic heterocycles. The lowest BCUT2D eigenvalue weighted by atomic mass is 9.69. The van der Waals surface area contributed by atoms with Crippen molar-refractivity contribution in [3.05, 3.63) is 29.6 Å². The maximum atomic E-state index is 13.1. The number of nitrogens with two attached hydrogens (primary N) is 1. The lowest BCUT2D eigenvalue weighted by Crippen LogP contribution is -2.46. The van der Waals surface area contributed by atoms with Gasteiger partial charge in [-0.05, 0) is 43.7 Å². The Bertz CT molecular complexity index is 495. The molecule has 0 amide bonds. The van der Waals surface area contributed by atoms with Crippen LogP contribution in [0.2, 0.25) is 0 Å². The fraction of sp³-hybridized carbons (Fsp3) is 0.625. The van der Waals surface area contributed by atoms with Gasteiger partial charge in [-0.25, -0.2) is 0 Å². The first-order valence-corrected chi connectivity index (χ1v) is 7.53. The molecule has 1 aliphatic carbocycles. The molecule has 3 rings (SSSR count). The number of carbonyl (C=O) groups excluding carboxylic acids is 1. The van der Waals surface area contributed by atoms with Crippen LogP contribution in [0.15, 0.2) is 18.3 Å². The standard InChI is InChI=1S/C16H22N2O2/c17-11-16(6-9-20-10-7-16)15(19)13-5-1-3-12-4-2-8-18-14(12)13/h2,4,8,13H,1,3,5-7,9-11,17H2. The maximum absolute atomic E-state index is 13.1. The first-order chi connectivity index (χ1) is 9.77. The highest BCUT2D eigenvalue weighted by molar-refractivity contribution is 5.91. The smallest absolute Gasteiger partial charge is 0.149 e. The van der Waals surface area contributed by atoms with Crippen LogP contribution >= 0.6 is 0 Å². The molecule has 1 aromatic rings. The second kappa shape index (κ2) is 5.62. The lowest BCUT2D eigenvalue weighted by molar-refractivity contribution is -0.135. The Labute approximate surface area is 119 Å². The number of hydrogen-bond acceptors (Lipinski definition) is 4. The average molecular weight is 274 g/mol. The first-order valence-electron chi connectivity index (χ1n) is 7.53. The Morgan fingerprint density at radius 2 is 2.25 bits per heavy atom. The van der Waals surface area contributed by atoms with Crippen LogP contribution in [0.1, 0.15) is 42.9 Å². The molecule has 0 spiro atoms. The van der Waals surface area contributed by atoms with Crippen LogP contribution in [-0.4, -0.2) is 30.5 Å². The summed E-state index contributed by atoms with van der Waals surface area (Å²) in [6.45, 7) is 1.71. The molecule has 20 heavy (non-hydrogen) atoms. The van der Waals surface area contributed by atoms with Crippen molar-refractivity contribution in [1.29, 1.82) is 0 Å². The monoisotopic (exact) mass is 274 g/mol. The average Bonchev–Trinajstić information content (AvgIpc) is 2.54. The molecule has 4 nitrogen and oxygen atoms in total.